The van der Waals surface area contributed by atoms with E-state index < -0.39 is 0 Å². The van der Waals surface area contributed by atoms with E-state index in [9.17, 15) is 4.79 Å². The summed E-state index contributed by atoms with van der Waals surface area (Å²) in [6.45, 7) is 2.86. The van der Waals surface area contributed by atoms with Crippen molar-refractivity contribution < 1.29 is 4.79 Å². The van der Waals surface area contributed by atoms with Crippen molar-refractivity contribution in [3.05, 3.63) is 34.9 Å². The number of carbonyl (C=O) groups excluding carboxylic acids is 1. The molecular weight excluding hydrogens is 224 g/mol. The first-order valence-corrected chi connectivity index (χ1v) is 5.74. The lowest BCUT2D eigenvalue weighted by Crippen LogP contribution is -2.21. The van der Waals surface area contributed by atoms with Crippen LogP contribution in [-0.4, -0.2) is 12.5 Å². The zero-order valence-corrected chi connectivity index (χ0v) is 10.1. The summed E-state index contributed by atoms with van der Waals surface area (Å²) in [4.78, 5) is 10.5. The second-order valence-electron chi connectivity index (χ2n) is 3.80. The van der Waals surface area contributed by atoms with Gasteiger partial charge >= 0.3 is 0 Å². The number of benzene rings is 1. The van der Waals surface area contributed by atoms with Crippen LogP contribution in [0.5, 0.6) is 0 Å². The molecule has 0 spiro atoms. The molecule has 0 aliphatic rings. The third kappa shape index (κ3) is 4.64. The maximum atomic E-state index is 10.5. The van der Waals surface area contributed by atoms with E-state index in [1.807, 2.05) is 24.3 Å². The quantitative estimate of drug-likeness (QED) is 0.750. The van der Waals surface area contributed by atoms with E-state index in [0.29, 0.717) is 6.42 Å². The molecule has 0 aromatic heterocycles. The van der Waals surface area contributed by atoms with Crippen molar-refractivity contribution in [2.24, 2.45) is 5.73 Å². The summed E-state index contributed by atoms with van der Waals surface area (Å²) in [7, 11) is 0. The topological polar surface area (TPSA) is 55.1 Å². The molecule has 1 atom stereocenters. The van der Waals surface area contributed by atoms with Crippen LogP contribution >= 0.6 is 11.6 Å². The Morgan fingerprint density at radius 3 is 2.62 bits per heavy atom. The molecule has 3 nitrogen and oxygen atoms in total. The first-order chi connectivity index (χ1) is 7.59. The van der Waals surface area contributed by atoms with Crippen molar-refractivity contribution in [3.63, 3.8) is 0 Å². The Kier molecular flexibility index (Phi) is 5.29. The van der Waals surface area contributed by atoms with Crippen LogP contribution in [0, 0.1) is 0 Å². The Morgan fingerprint density at radius 2 is 2.06 bits per heavy atom. The van der Waals surface area contributed by atoms with Crippen LogP contribution in [0.2, 0.25) is 5.02 Å². The molecule has 0 radical (unpaired) electrons. The van der Waals surface area contributed by atoms with E-state index in [4.69, 9.17) is 17.3 Å². The van der Waals surface area contributed by atoms with Crippen molar-refractivity contribution in [3.8, 4) is 0 Å². The number of hydrogen-bond donors (Lipinski definition) is 2. The smallest absolute Gasteiger partial charge is 0.217 e. The fourth-order valence-electron chi connectivity index (χ4n) is 1.45. The Morgan fingerprint density at radius 1 is 1.44 bits per heavy atom. The largest absolute Gasteiger partial charge is 0.370 e. The predicted octanol–water partition coefficient (Wildman–Crippen LogP) is 2.26. The molecule has 88 valence electrons. The lowest BCUT2D eigenvalue weighted by Gasteiger charge is -2.13. The summed E-state index contributed by atoms with van der Waals surface area (Å²) >= 11 is 5.81. The van der Waals surface area contributed by atoms with Gasteiger partial charge in [0.05, 0.1) is 0 Å². The standard InChI is InChI=1S/C12H17ClN2O/c1-9(15-8-2-3-12(14)16)10-4-6-11(13)7-5-10/h4-7,9,15H,2-3,8H2,1H3,(H2,14,16). The van der Waals surface area contributed by atoms with E-state index in [1.54, 1.807) is 0 Å². The van der Waals surface area contributed by atoms with Crippen LogP contribution in [0.25, 0.3) is 0 Å². The van der Waals surface area contributed by atoms with Crippen LogP contribution in [0.3, 0.4) is 0 Å². The summed E-state index contributed by atoms with van der Waals surface area (Å²) in [5.74, 6) is -0.249. The highest BCUT2D eigenvalue weighted by Gasteiger charge is 2.04. The van der Waals surface area contributed by atoms with Gasteiger partial charge in [-0.05, 0) is 37.6 Å². The zero-order chi connectivity index (χ0) is 12.0. The number of rotatable bonds is 6. The Labute approximate surface area is 101 Å². The van der Waals surface area contributed by atoms with Gasteiger partial charge < -0.3 is 11.1 Å². The first-order valence-electron chi connectivity index (χ1n) is 5.36. The third-order valence-corrected chi connectivity index (χ3v) is 2.67. The van der Waals surface area contributed by atoms with Crippen LogP contribution in [0.1, 0.15) is 31.4 Å². The second kappa shape index (κ2) is 6.51. The molecule has 1 amide bonds. The highest BCUT2D eigenvalue weighted by atomic mass is 35.5. The van der Waals surface area contributed by atoms with Crippen LogP contribution in [0.15, 0.2) is 24.3 Å². The lowest BCUT2D eigenvalue weighted by atomic mass is 10.1. The molecule has 0 saturated heterocycles. The Hall–Kier alpha value is -1.06. The molecule has 4 heteroatoms. The summed E-state index contributed by atoms with van der Waals surface area (Å²) in [5, 5.41) is 4.06. The van der Waals surface area contributed by atoms with Crippen LogP contribution in [-0.2, 0) is 4.79 Å². The van der Waals surface area contributed by atoms with Gasteiger partial charge in [-0.2, -0.15) is 0 Å². The van der Waals surface area contributed by atoms with Crippen LogP contribution in [0.4, 0.5) is 0 Å². The normalized spacial score (nSPS) is 12.4. The predicted molar refractivity (Wildman–Crippen MR) is 66.3 cm³/mol. The molecule has 0 fully saturated rings. The van der Waals surface area contributed by atoms with Crippen molar-refractivity contribution >= 4 is 17.5 Å². The van der Waals surface area contributed by atoms with Gasteiger partial charge in [0.15, 0.2) is 0 Å². The molecule has 3 N–H and O–H groups in total. The van der Waals surface area contributed by atoms with Gasteiger partial charge in [0.2, 0.25) is 5.91 Å². The molecule has 1 rings (SSSR count). The van der Waals surface area contributed by atoms with Crippen molar-refractivity contribution in [1.29, 1.82) is 0 Å². The second-order valence-corrected chi connectivity index (χ2v) is 4.23. The van der Waals surface area contributed by atoms with Crippen LogP contribution < -0.4 is 11.1 Å². The minimum atomic E-state index is -0.249. The van der Waals surface area contributed by atoms with E-state index in [-0.39, 0.29) is 11.9 Å². The molecular formula is C12H17ClN2O. The Balaban J connectivity index is 2.32. The molecule has 0 aliphatic carbocycles. The summed E-state index contributed by atoms with van der Waals surface area (Å²) < 4.78 is 0. The zero-order valence-electron chi connectivity index (χ0n) is 9.37. The summed E-state index contributed by atoms with van der Waals surface area (Å²) in [5.41, 5.74) is 6.24. The monoisotopic (exact) mass is 240 g/mol. The van der Waals surface area contributed by atoms with Crippen molar-refractivity contribution in [2.45, 2.75) is 25.8 Å². The maximum Gasteiger partial charge on any atom is 0.217 e. The minimum Gasteiger partial charge on any atom is -0.370 e. The maximum absolute atomic E-state index is 10.5. The molecule has 16 heavy (non-hydrogen) atoms. The molecule has 1 aromatic rings. The number of amides is 1. The van der Waals surface area contributed by atoms with Gasteiger partial charge in [0.25, 0.3) is 0 Å². The number of carbonyl (C=O) groups is 1. The van der Waals surface area contributed by atoms with E-state index in [1.165, 1.54) is 5.56 Å². The van der Waals surface area contributed by atoms with Gasteiger partial charge in [-0.1, -0.05) is 23.7 Å². The van der Waals surface area contributed by atoms with Crippen molar-refractivity contribution in [2.75, 3.05) is 6.54 Å². The number of nitrogens with two attached hydrogens (primary N) is 1. The number of nitrogens with one attached hydrogen (secondary N) is 1. The van der Waals surface area contributed by atoms with E-state index in [2.05, 4.69) is 12.2 Å². The highest BCUT2D eigenvalue weighted by Crippen LogP contribution is 2.15. The lowest BCUT2D eigenvalue weighted by molar-refractivity contribution is -0.118. The molecule has 0 bridgehead atoms. The molecule has 0 saturated carbocycles. The van der Waals surface area contributed by atoms with Gasteiger partial charge in [-0.15, -0.1) is 0 Å². The average Bonchev–Trinajstić information content (AvgIpc) is 2.25. The molecule has 0 heterocycles. The summed E-state index contributed by atoms with van der Waals surface area (Å²) in [6.07, 6.45) is 1.20. The number of hydrogen-bond acceptors (Lipinski definition) is 2. The van der Waals surface area contributed by atoms with E-state index >= 15 is 0 Å². The third-order valence-electron chi connectivity index (χ3n) is 2.42. The fraction of sp³-hybridized carbons (Fsp3) is 0.417. The number of halogens is 1. The minimum absolute atomic E-state index is 0.249. The van der Waals surface area contributed by atoms with Gasteiger partial charge in [-0.25, -0.2) is 0 Å². The summed E-state index contributed by atoms with van der Waals surface area (Å²) in [6, 6.07) is 7.99. The SMILES string of the molecule is CC(NCCCC(N)=O)c1ccc(Cl)cc1. The number of primary amides is 1. The van der Waals surface area contributed by atoms with Gasteiger partial charge in [0, 0.05) is 17.5 Å². The van der Waals surface area contributed by atoms with Gasteiger partial charge in [0.1, 0.15) is 0 Å². The average molecular weight is 241 g/mol. The van der Waals surface area contributed by atoms with Gasteiger partial charge in [-0.3, -0.25) is 4.79 Å². The van der Waals surface area contributed by atoms with E-state index in [0.717, 1.165) is 18.0 Å². The Bertz CT molecular complexity index is 337. The fourth-order valence-corrected chi connectivity index (χ4v) is 1.58. The highest BCUT2D eigenvalue weighted by molar-refractivity contribution is 6.30. The molecule has 0 aliphatic heterocycles. The first kappa shape index (κ1) is 13.0. The van der Waals surface area contributed by atoms with Crippen molar-refractivity contribution in [1.82, 2.24) is 5.32 Å². The molecule has 1 aromatic carbocycles. The molecule has 1 unspecified atom stereocenters.